The standard InChI is InChI=1S/C8H10N2O4/c1-3-14-6(11)4-5-7(12)10(2)8(13)9-5/h4H,3H2,1-2H3,(H,9,13). The summed E-state index contributed by atoms with van der Waals surface area (Å²) in [7, 11) is 1.32. The third kappa shape index (κ3) is 1.90. The lowest BCUT2D eigenvalue weighted by Gasteiger charge is -1.99. The highest BCUT2D eigenvalue weighted by Crippen LogP contribution is 2.06. The van der Waals surface area contributed by atoms with Crippen molar-refractivity contribution in [3.05, 3.63) is 11.8 Å². The molecule has 0 aromatic carbocycles. The van der Waals surface area contributed by atoms with Crippen molar-refractivity contribution in [1.29, 1.82) is 0 Å². The predicted molar refractivity (Wildman–Crippen MR) is 46.0 cm³/mol. The van der Waals surface area contributed by atoms with Gasteiger partial charge in [-0.15, -0.1) is 0 Å². The second-order valence-corrected chi connectivity index (χ2v) is 2.60. The highest BCUT2D eigenvalue weighted by molar-refractivity contribution is 6.13. The van der Waals surface area contributed by atoms with Crippen LogP contribution in [0, 0.1) is 0 Å². The van der Waals surface area contributed by atoms with Gasteiger partial charge < -0.3 is 10.1 Å². The van der Waals surface area contributed by atoms with E-state index in [1.54, 1.807) is 6.92 Å². The number of likely N-dealkylation sites (N-methyl/N-ethyl adjacent to an activating group) is 1. The van der Waals surface area contributed by atoms with E-state index in [1.165, 1.54) is 7.05 Å². The third-order valence-corrected chi connectivity index (χ3v) is 1.63. The second kappa shape index (κ2) is 3.91. The summed E-state index contributed by atoms with van der Waals surface area (Å²) >= 11 is 0. The zero-order valence-corrected chi connectivity index (χ0v) is 7.86. The molecule has 1 rings (SSSR count). The Morgan fingerprint density at radius 3 is 2.64 bits per heavy atom. The van der Waals surface area contributed by atoms with Crippen molar-refractivity contribution in [2.24, 2.45) is 0 Å². The van der Waals surface area contributed by atoms with Crippen LogP contribution in [0.25, 0.3) is 0 Å². The van der Waals surface area contributed by atoms with Crippen LogP contribution in [0.5, 0.6) is 0 Å². The van der Waals surface area contributed by atoms with E-state index in [0.717, 1.165) is 11.0 Å². The molecule has 0 spiro atoms. The first-order valence-corrected chi connectivity index (χ1v) is 4.03. The molecule has 0 aromatic rings. The molecule has 0 atom stereocenters. The molecular weight excluding hydrogens is 188 g/mol. The summed E-state index contributed by atoms with van der Waals surface area (Å²) < 4.78 is 4.59. The maximum atomic E-state index is 11.2. The molecule has 76 valence electrons. The first kappa shape index (κ1) is 10.2. The van der Waals surface area contributed by atoms with Gasteiger partial charge in [0.1, 0.15) is 5.70 Å². The molecule has 0 aromatic heterocycles. The molecule has 1 aliphatic heterocycles. The lowest BCUT2D eigenvalue weighted by Crippen LogP contribution is -2.25. The average molecular weight is 198 g/mol. The van der Waals surface area contributed by atoms with Gasteiger partial charge in [-0.1, -0.05) is 0 Å². The smallest absolute Gasteiger partial charge is 0.333 e. The van der Waals surface area contributed by atoms with Gasteiger partial charge in [0.05, 0.1) is 12.7 Å². The van der Waals surface area contributed by atoms with Crippen LogP contribution < -0.4 is 5.32 Å². The number of nitrogens with zero attached hydrogens (tertiary/aromatic N) is 1. The highest BCUT2D eigenvalue weighted by atomic mass is 16.5. The van der Waals surface area contributed by atoms with E-state index in [2.05, 4.69) is 10.1 Å². The number of ether oxygens (including phenoxy) is 1. The van der Waals surface area contributed by atoms with Crippen molar-refractivity contribution in [1.82, 2.24) is 10.2 Å². The SMILES string of the molecule is CCOC(=O)C=C1NC(=O)N(C)C1=O. The van der Waals surface area contributed by atoms with Gasteiger partial charge in [0, 0.05) is 7.05 Å². The van der Waals surface area contributed by atoms with Crippen molar-refractivity contribution in [2.75, 3.05) is 13.7 Å². The maximum Gasteiger partial charge on any atom is 0.333 e. The second-order valence-electron chi connectivity index (χ2n) is 2.60. The van der Waals surface area contributed by atoms with E-state index < -0.39 is 17.9 Å². The highest BCUT2D eigenvalue weighted by Gasteiger charge is 2.30. The molecule has 6 nitrogen and oxygen atoms in total. The lowest BCUT2D eigenvalue weighted by atomic mass is 10.4. The zero-order valence-electron chi connectivity index (χ0n) is 7.86. The summed E-state index contributed by atoms with van der Waals surface area (Å²) in [5, 5.41) is 2.24. The van der Waals surface area contributed by atoms with Crippen LogP contribution in [0.3, 0.4) is 0 Å². The molecule has 1 saturated heterocycles. The molecule has 14 heavy (non-hydrogen) atoms. The molecule has 6 heteroatoms. The fourth-order valence-corrected chi connectivity index (χ4v) is 0.925. The molecule has 1 fully saturated rings. The van der Waals surface area contributed by atoms with E-state index in [-0.39, 0.29) is 12.3 Å². The van der Waals surface area contributed by atoms with Crippen LogP contribution in [-0.2, 0) is 14.3 Å². The number of imide groups is 1. The minimum atomic E-state index is -0.647. The molecule has 0 unspecified atom stereocenters. The molecule has 0 bridgehead atoms. The number of esters is 1. The lowest BCUT2D eigenvalue weighted by molar-refractivity contribution is -0.137. The number of nitrogens with one attached hydrogen (secondary N) is 1. The van der Waals surface area contributed by atoms with Gasteiger partial charge >= 0.3 is 12.0 Å². The third-order valence-electron chi connectivity index (χ3n) is 1.63. The van der Waals surface area contributed by atoms with Crippen molar-refractivity contribution in [3.63, 3.8) is 0 Å². The first-order valence-electron chi connectivity index (χ1n) is 4.03. The number of hydrogen-bond acceptors (Lipinski definition) is 4. The van der Waals surface area contributed by atoms with Gasteiger partial charge in [0.2, 0.25) is 0 Å². The Balaban J connectivity index is 2.76. The van der Waals surface area contributed by atoms with Crippen LogP contribution in [0.15, 0.2) is 11.8 Å². The molecule has 0 saturated carbocycles. The number of hydrogen-bond donors (Lipinski definition) is 1. The van der Waals surface area contributed by atoms with Crippen LogP contribution in [0.4, 0.5) is 4.79 Å². The topological polar surface area (TPSA) is 75.7 Å². The maximum absolute atomic E-state index is 11.2. The number of carbonyl (C=O) groups excluding carboxylic acids is 3. The van der Waals surface area contributed by atoms with Crippen LogP contribution in [0.2, 0.25) is 0 Å². The Kier molecular flexibility index (Phi) is 2.85. The van der Waals surface area contributed by atoms with E-state index >= 15 is 0 Å². The first-order chi connectivity index (χ1) is 6.56. The molecule has 0 aliphatic carbocycles. The fraction of sp³-hybridized carbons (Fsp3) is 0.375. The zero-order chi connectivity index (χ0) is 10.7. The monoisotopic (exact) mass is 198 g/mol. The van der Waals surface area contributed by atoms with Crippen molar-refractivity contribution in [3.8, 4) is 0 Å². The molecule has 1 N–H and O–H groups in total. The number of amides is 3. The molecule has 1 heterocycles. The fourth-order valence-electron chi connectivity index (χ4n) is 0.925. The van der Waals surface area contributed by atoms with Crippen LogP contribution in [0.1, 0.15) is 6.92 Å². The summed E-state index contributed by atoms with van der Waals surface area (Å²) in [6.45, 7) is 1.87. The van der Waals surface area contributed by atoms with E-state index in [1.807, 2.05) is 0 Å². The van der Waals surface area contributed by atoms with Gasteiger partial charge in [0.25, 0.3) is 5.91 Å². The predicted octanol–water partition coefficient (Wildman–Crippen LogP) is -0.385. The molecule has 3 amide bonds. The van der Waals surface area contributed by atoms with Crippen molar-refractivity contribution >= 4 is 17.9 Å². The van der Waals surface area contributed by atoms with Crippen LogP contribution in [-0.4, -0.2) is 36.5 Å². The van der Waals surface area contributed by atoms with Gasteiger partial charge in [0.15, 0.2) is 0 Å². The Labute approximate surface area is 80.5 Å². The van der Waals surface area contributed by atoms with Gasteiger partial charge in [-0.3, -0.25) is 9.69 Å². The minimum absolute atomic E-state index is 0.0593. The number of carbonyl (C=O) groups is 3. The number of rotatable bonds is 2. The molecule has 0 radical (unpaired) electrons. The van der Waals surface area contributed by atoms with Gasteiger partial charge in [-0.2, -0.15) is 0 Å². The van der Waals surface area contributed by atoms with Gasteiger partial charge in [-0.05, 0) is 6.92 Å². The Morgan fingerprint density at radius 2 is 2.21 bits per heavy atom. The van der Waals surface area contributed by atoms with Crippen molar-refractivity contribution < 1.29 is 19.1 Å². The normalized spacial score (nSPS) is 18.7. The molecular formula is C8H10N2O4. The van der Waals surface area contributed by atoms with E-state index in [4.69, 9.17) is 0 Å². The largest absolute Gasteiger partial charge is 0.463 e. The summed E-state index contributed by atoms with van der Waals surface area (Å²) in [5.74, 6) is -1.19. The van der Waals surface area contributed by atoms with Gasteiger partial charge in [-0.25, -0.2) is 9.59 Å². The Morgan fingerprint density at radius 1 is 1.57 bits per heavy atom. The quantitative estimate of drug-likeness (QED) is 0.372. The van der Waals surface area contributed by atoms with Crippen LogP contribution >= 0.6 is 0 Å². The molecule has 1 aliphatic rings. The van der Waals surface area contributed by atoms with E-state index in [0.29, 0.717) is 0 Å². The summed E-state index contributed by atoms with van der Waals surface area (Å²) in [6.07, 6.45) is 0.966. The summed E-state index contributed by atoms with van der Waals surface area (Å²) in [6, 6.07) is -0.550. The summed E-state index contributed by atoms with van der Waals surface area (Å²) in [4.78, 5) is 34.0. The summed E-state index contributed by atoms with van der Waals surface area (Å²) in [5.41, 5.74) is -0.0593. The average Bonchev–Trinajstić information content (AvgIpc) is 2.34. The Bertz CT molecular complexity index is 321. The number of urea groups is 1. The Hall–Kier alpha value is -1.85. The van der Waals surface area contributed by atoms with Crippen molar-refractivity contribution in [2.45, 2.75) is 6.92 Å². The van der Waals surface area contributed by atoms with E-state index in [9.17, 15) is 14.4 Å². The minimum Gasteiger partial charge on any atom is -0.463 e.